The van der Waals surface area contributed by atoms with E-state index in [1.54, 1.807) is 17.8 Å². The van der Waals surface area contributed by atoms with Crippen LogP contribution in [0.15, 0.2) is 48.5 Å². The molecule has 2 aromatic rings. The van der Waals surface area contributed by atoms with E-state index in [1.165, 1.54) is 0 Å². The summed E-state index contributed by atoms with van der Waals surface area (Å²) < 4.78 is 0. The number of thioether (sulfide) groups is 1. The second-order valence-electron chi connectivity index (χ2n) is 7.47. The van der Waals surface area contributed by atoms with E-state index in [1.807, 2.05) is 48.7 Å². The second-order valence-corrected chi connectivity index (χ2v) is 9.04. The summed E-state index contributed by atoms with van der Waals surface area (Å²) in [5.74, 6) is -0.754. The van der Waals surface area contributed by atoms with Gasteiger partial charge in [0.15, 0.2) is 0 Å². The Bertz CT molecular complexity index is 943. The highest BCUT2D eigenvalue weighted by atomic mass is 35.5. The van der Waals surface area contributed by atoms with E-state index >= 15 is 0 Å². The Morgan fingerprint density at radius 3 is 2.62 bits per heavy atom. The molecule has 1 fully saturated rings. The molecule has 1 aliphatic rings. The summed E-state index contributed by atoms with van der Waals surface area (Å²) in [6.07, 6.45) is 3.16. The van der Waals surface area contributed by atoms with Crippen LogP contribution in [0.3, 0.4) is 0 Å². The van der Waals surface area contributed by atoms with Gasteiger partial charge in [-0.05, 0) is 54.2 Å². The molecule has 6 nitrogen and oxygen atoms in total. The summed E-state index contributed by atoms with van der Waals surface area (Å²) in [4.78, 5) is 25.6. The van der Waals surface area contributed by atoms with E-state index in [2.05, 4.69) is 16.0 Å². The van der Waals surface area contributed by atoms with E-state index in [-0.39, 0.29) is 18.3 Å². The van der Waals surface area contributed by atoms with Crippen molar-refractivity contribution in [2.45, 2.75) is 24.9 Å². The molecule has 2 atom stereocenters. The normalized spacial score (nSPS) is 16.2. The van der Waals surface area contributed by atoms with Gasteiger partial charge in [-0.1, -0.05) is 42.5 Å². The molecule has 2 aromatic carbocycles. The van der Waals surface area contributed by atoms with Crippen molar-refractivity contribution in [3.8, 4) is 11.1 Å². The topological polar surface area (TPSA) is 90.5 Å². The van der Waals surface area contributed by atoms with Crippen LogP contribution in [-0.2, 0) is 4.79 Å². The number of aliphatic carboxylic acids is 1. The van der Waals surface area contributed by atoms with Crippen molar-refractivity contribution < 1.29 is 14.7 Å². The van der Waals surface area contributed by atoms with Gasteiger partial charge in [0.1, 0.15) is 6.04 Å². The first kappa shape index (κ1) is 26.1. The van der Waals surface area contributed by atoms with Gasteiger partial charge in [-0.2, -0.15) is 11.8 Å². The molecule has 1 amide bonds. The number of hydrogen-bond acceptors (Lipinski definition) is 6. The average Bonchev–Trinajstić information content (AvgIpc) is 3.20. The zero-order valence-corrected chi connectivity index (χ0v) is 20.2. The minimum Gasteiger partial charge on any atom is -0.480 e. The maximum atomic E-state index is 13.0. The van der Waals surface area contributed by atoms with Crippen LogP contribution >= 0.6 is 36.4 Å². The second kappa shape index (κ2) is 12.8. The number of rotatable bonds is 10. The highest BCUT2D eigenvalue weighted by Gasteiger charge is 2.23. The number of halogens is 1. The lowest BCUT2D eigenvalue weighted by atomic mass is 9.98. The van der Waals surface area contributed by atoms with Crippen LogP contribution in [0.2, 0.25) is 0 Å². The zero-order valence-electron chi connectivity index (χ0n) is 17.8. The molecule has 0 spiro atoms. The summed E-state index contributed by atoms with van der Waals surface area (Å²) in [6.45, 7) is 1.51. The van der Waals surface area contributed by atoms with Crippen molar-refractivity contribution >= 4 is 58.8 Å². The number of thiocarbonyl (C=S) groups is 1. The van der Waals surface area contributed by atoms with Crippen LogP contribution in [0.4, 0.5) is 5.69 Å². The number of hydrogen-bond donors (Lipinski definition) is 4. The lowest BCUT2D eigenvalue weighted by Crippen LogP contribution is -2.41. The van der Waals surface area contributed by atoms with Gasteiger partial charge in [-0.3, -0.25) is 4.79 Å². The molecule has 0 bridgehead atoms. The van der Waals surface area contributed by atoms with Crippen LogP contribution in [0.25, 0.3) is 11.1 Å². The fourth-order valence-corrected chi connectivity index (χ4v) is 4.26. The molecule has 172 valence electrons. The number of carbonyl (C=O) groups is 2. The van der Waals surface area contributed by atoms with Gasteiger partial charge in [-0.15, -0.1) is 12.4 Å². The SMILES string of the molecule is CSCC[C@H](NC(=O)c1ccc(NCC2CC(=S)CN2)cc1-c1ccccc1)C(=O)O.Cl. The predicted octanol–water partition coefficient (Wildman–Crippen LogP) is 3.86. The van der Waals surface area contributed by atoms with Gasteiger partial charge in [0.05, 0.1) is 0 Å². The highest BCUT2D eigenvalue weighted by molar-refractivity contribution is 7.98. The maximum Gasteiger partial charge on any atom is 0.326 e. The quantitative estimate of drug-likeness (QED) is 0.374. The maximum absolute atomic E-state index is 13.0. The Morgan fingerprint density at radius 2 is 2.00 bits per heavy atom. The molecule has 32 heavy (non-hydrogen) atoms. The van der Waals surface area contributed by atoms with Gasteiger partial charge in [0.25, 0.3) is 5.91 Å². The third kappa shape index (κ3) is 7.20. The molecule has 0 aliphatic carbocycles. The number of carboxylic acid groups (broad SMARTS) is 1. The molecule has 0 radical (unpaired) electrons. The Balaban J connectivity index is 0.00000363. The van der Waals surface area contributed by atoms with Crippen molar-refractivity contribution in [1.29, 1.82) is 0 Å². The third-order valence-electron chi connectivity index (χ3n) is 5.18. The van der Waals surface area contributed by atoms with Gasteiger partial charge in [-0.25, -0.2) is 4.79 Å². The van der Waals surface area contributed by atoms with Crippen LogP contribution in [-0.4, -0.2) is 59.0 Å². The van der Waals surface area contributed by atoms with Gasteiger partial charge in [0, 0.05) is 35.2 Å². The number of carbonyl (C=O) groups excluding carboxylic acids is 1. The molecule has 1 aliphatic heterocycles. The smallest absolute Gasteiger partial charge is 0.326 e. The summed E-state index contributed by atoms with van der Waals surface area (Å²) in [5.41, 5.74) is 3.00. The van der Waals surface area contributed by atoms with E-state index in [4.69, 9.17) is 12.2 Å². The van der Waals surface area contributed by atoms with Crippen molar-refractivity contribution in [2.24, 2.45) is 0 Å². The molecule has 9 heteroatoms. The fraction of sp³-hybridized carbons (Fsp3) is 0.348. The van der Waals surface area contributed by atoms with E-state index in [0.717, 1.165) is 41.2 Å². The Labute approximate surface area is 204 Å². The largest absolute Gasteiger partial charge is 0.480 e. The molecular weight excluding hydrogens is 466 g/mol. The van der Waals surface area contributed by atoms with Crippen molar-refractivity contribution in [3.05, 3.63) is 54.1 Å². The summed E-state index contributed by atoms with van der Waals surface area (Å²) >= 11 is 6.81. The van der Waals surface area contributed by atoms with Gasteiger partial charge in [0.2, 0.25) is 0 Å². The fourth-order valence-electron chi connectivity index (χ4n) is 3.50. The van der Waals surface area contributed by atoms with E-state index < -0.39 is 12.0 Å². The monoisotopic (exact) mass is 493 g/mol. The molecular formula is C23H28ClN3O3S2. The van der Waals surface area contributed by atoms with Crippen LogP contribution in [0.5, 0.6) is 0 Å². The molecule has 4 N–H and O–H groups in total. The van der Waals surface area contributed by atoms with Crippen molar-refractivity contribution in [2.75, 3.05) is 30.4 Å². The van der Waals surface area contributed by atoms with Crippen LogP contribution < -0.4 is 16.0 Å². The number of amides is 1. The predicted molar refractivity (Wildman–Crippen MR) is 139 cm³/mol. The first-order valence-corrected chi connectivity index (χ1v) is 12.0. The minimum atomic E-state index is -1.02. The first-order chi connectivity index (χ1) is 15.0. The van der Waals surface area contributed by atoms with Gasteiger partial charge >= 0.3 is 5.97 Å². The Hall–Kier alpha value is -2.13. The van der Waals surface area contributed by atoms with Gasteiger partial charge < -0.3 is 21.1 Å². The number of carboxylic acids is 1. The number of nitrogens with one attached hydrogen (secondary N) is 3. The van der Waals surface area contributed by atoms with Crippen molar-refractivity contribution in [1.82, 2.24) is 10.6 Å². The summed E-state index contributed by atoms with van der Waals surface area (Å²) in [5, 5.41) is 18.9. The molecule has 0 aromatic heterocycles. The Morgan fingerprint density at radius 1 is 1.25 bits per heavy atom. The molecule has 0 saturated carbocycles. The van der Waals surface area contributed by atoms with Crippen molar-refractivity contribution in [3.63, 3.8) is 0 Å². The molecule has 1 heterocycles. The number of anilines is 1. The third-order valence-corrected chi connectivity index (χ3v) is 6.13. The lowest BCUT2D eigenvalue weighted by Gasteiger charge is -2.18. The molecule has 1 unspecified atom stereocenters. The summed E-state index contributed by atoms with van der Waals surface area (Å²) in [6, 6.07) is 14.6. The molecule has 1 saturated heterocycles. The minimum absolute atomic E-state index is 0. The van der Waals surface area contributed by atoms with E-state index in [9.17, 15) is 14.7 Å². The van der Waals surface area contributed by atoms with Crippen LogP contribution in [0.1, 0.15) is 23.2 Å². The van der Waals surface area contributed by atoms with E-state index in [0.29, 0.717) is 23.8 Å². The summed E-state index contributed by atoms with van der Waals surface area (Å²) in [7, 11) is 0. The zero-order chi connectivity index (χ0) is 22.2. The average molecular weight is 494 g/mol. The first-order valence-electron chi connectivity index (χ1n) is 10.2. The Kier molecular flexibility index (Phi) is 10.4. The standard InChI is InChI=1S/C23H27N3O3S2.ClH/c1-31-10-9-21(23(28)29)26-22(27)19-8-7-16(24-13-17-11-18(30)14-25-17)12-20(19)15-5-3-2-4-6-15;/h2-8,12,17,21,24-25H,9-11,13-14H2,1H3,(H,26,27)(H,28,29);1H/t17?,21-;/m0./s1. The lowest BCUT2D eigenvalue weighted by molar-refractivity contribution is -0.139. The molecule has 3 rings (SSSR count). The van der Waals surface area contributed by atoms with Crippen LogP contribution in [0, 0.1) is 0 Å². The highest BCUT2D eigenvalue weighted by Crippen LogP contribution is 2.27. The number of benzene rings is 2.